The van der Waals surface area contributed by atoms with Gasteiger partial charge < -0.3 is 14.0 Å². The van der Waals surface area contributed by atoms with E-state index in [1.807, 2.05) is 22.8 Å². The number of methoxy groups -OCH3 is 2. The monoisotopic (exact) mass is 495 g/mol. The van der Waals surface area contributed by atoms with Crippen molar-refractivity contribution in [2.24, 2.45) is 10.9 Å². The minimum Gasteiger partial charge on any atom is -0.497 e. The summed E-state index contributed by atoms with van der Waals surface area (Å²) in [6.45, 7) is 1.61. The standard InChI is InChI=1S/C21H25N3O5S3/c1-28-11-10-24-17-8-7-16(29-2)13-18(17)31-21(24)22-20(25)15-5-3-9-23(14-15)32(26,27)19-6-4-12-30-19/h4,6-8,12-13,15H,3,5,9-11,14H2,1-2H3. The second-order valence-corrected chi connectivity index (χ2v) is 11.6. The van der Waals surface area contributed by atoms with Gasteiger partial charge in [0.2, 0.25) is 0 Å². The van der Waals surface area contributed by atoms with Crippen molar-refractivity contribution in [2.75, 3.05) is 33.9 Å². The minimum atomic E-state index is -3.58. The molecule has 3 aromatic rings. The van der Waals surface area contributed by atoms with Crippen LogP contribution in [0.4, 0.5) is 0 Å². The van der Waals surface area contributed by atoms with Crippen LogP contribution < -0.4 is 9.54 Å². The van der Waals surface area contributed by atoms with E-state index in [4.69, 9.17) is 9.47 Å². The molecule has 11 heteroatoms. The van der Waals surface area contributed by atoms with E-state index in [1.165, 1.54) is 27.0 Å². The first-order chi connectivity index (χ1) is 15.4. The van der Waals surface area contributed by atoms with Gasteiger partial charge in [-0.1, -0.05) is 17.4 Å². The summed E-state index contributed by atoms with van der Waals surface area (Å²) < 4.78 is 41.0. The van der Waals surface area contributed by atoms with E-state index in [0.717, 1.165) is 16.0 Å². The van der Waals surface area contributed by atoms with Crippen LogP contribution in [0.1, 0.15) is 12.8 Å². The van der Waals surface area contributed by atoms with Gasteiger partial charge in [0.25, 0.3) is 15.9 Å². The summed E-state index contributed by atoms with van der Waals surface area (Å²) in [6, 6.07) is 9.05. The third kappa shape index (κ3) is 4.67. The normalized spacial score (nSPS) is 18.3. The second kappa shape index (κ2) is 9.84. The van der Waals surface area contributed by atoms with Crippen molar-refractivity contribution >= 4 is 48.8 Å². The Balaban J connectivity index is 1.63. The molecule has 0 aliphatic carbocycles. The van der Waals surface area contributed by atoms with Crippen LogP contribution in [-0.2, 0) is 26.1 Å². The number of thiazole rings is 1. The lowest BCUT2D eigenvalue weighted by atomic mass is 9.99. The zero-order valence-electron chi connectivity index (χ0n) is 17.9. The van der Waals surface area contributed by atoms with Crippen molar-refractivity contribution in [1.29, 1.82) is 0 Å². The van der Waals surface area contributed by atoms with Crippen LogP contribution in [0.2, 0.25) is 0 Å². The van der Waals surface area contributed by atoms with Gasteiger partial charge in [-0.15, -0.1) is 11.3 Å². The molecule has 1 aliphatic rings. The number of ether oxygens (including phenoxy) is 2. The Labute approximate surface area is 194 Å². The van der Waals surface area contributed by atoms with Crippen molar-refractivity contribution < 1.29 is 22.7 Å². The number of piperidine rings is 1. The average molecular weight is 496 g/mol. The SMILES string of the molecule is COCCn1c(=NC(=O)C2CCCN(S(=O)(=O)c3cccs3)C2)sc2cc(OC)ccc21. The molecular formula is C21H25N3O5S3. The number of carbonyl (C=O) groups is 1. The maximum Gasteiger partial charge on any atom is 0.252 e. The van der Waals surface area contributed by atoms with Crippen molar-refractivity contribution in [3.8, 4) is 5.75 Å². The van der Waals surface area contributed by atoms with E-state index >= 15 is 0 Å². The number of rotatable bonds is 7. The number of aromatic nitrogens is 1. The van der Waals surface area contributed by atoms with Crippen molar-refractivity contribution in [3.05, 3.63) is 40.5 Å². The Bertz CT molecular complexity index is 1260. The summed E-state index contributed by atoms with van der Waals surface area (Å²) in [7, 11) is -0.339. The molecule has 0 saturated carbocycles. The number of amides is 1. The van der Waals surface area contributed by atoms with Gasteiger partial charge in [0, 0.05) is 26.7 Å². The highest BCUT2D eigenvalue weighted by Gasteiger charge is 2.33. The van der Waals surface area contributed by atoms with Gasteiger partial charge >= 0.3 is 0 Å². The Morgan fingerprint density at radius 2 is 2.12 bits per heavy atom. The number of benzene rings is 1. The van der Waals surface area contributed by atoms with E-state index < -0.39 is 15.9 Å². The molecule has 3 heterocycles. The molecule has 2 aromatic heterocycles. The molecule has 1 saturated heterocycles. The molecular weight excluding hydrogens is 470 g/mol. The van der Waals surface area contributed by atoms with Gasteiger partial charge in [-0.25, -0.2) is 8.42 Å². The molecule has 32 heavy (non-hydrogen) atoms. The zero-order chi connectivity index (χ0) is 22.7. The number of hydrogen-bond donors (Lipinski definition) is 0. The first-order valence-electron chi connectivity index (χ1n) is 10.2. The van der Waals surface area contributed by atoms with Crippen LogP contribution in [0.5, 0.6) is 5.75 Å². The summed E-state index contributed by atoms with van der Waals surface area (Å²) in [6.07, 6.45) is 1.25. The quantitative estimate of drug-likeness (QED) is 0.503. The van der Waals surface area contributed by atoms with Crippen LogP contribution in [-0.4, -0.2) is 57.1 Å². The van der Waals surface area contributed by atoms with Crippen LogP contribution in [0, 0.1) is 5.92 Å². The van der Waals surface area contributed by atoms with Crippen LogP contribution in [0.25, 0.3) is 10.2 Å². The van der Waals surface area contributed by atoms with E-state index in [2.05, 4.69) is 4.99 Å². The van der Waals surface area contributed by atoms with E-state index in [0.29, 0.717) is 41.5 Å². The third-order valence-corrected chi connectivity index (χ3v) is 9.72. The predicted molar refractivity (Wildman–Crippen MR) is 125 cm³/mol. The maximum atomic E-state index is 13.1. The molecule has 1 aliphatic heterocycles. The fourth-order valence-electron chi connectivity index (χ4n) is 3.75. The molecule has 0 radical (unpaired) electrons. The minimum absolute atomic E-state index is 0.152. The van der Waals surface area contributed by atoms with Crippen molar-refractivity contribution in [2.45, 2.75) is 23.6 Å². The van der Waals surface area contributed by atoms with Gasteiger partial charge in [0.1, 0.15) is 9.96 Å². The van der Waals surface area contributed by atoms with Crippen LogP contribution in [0.3, 0.4) is 0 Å². The molecule has 8 nitrogen and oxygen atoms in total. The Kier molecular flexibility index (Phi) is 7.11. The Morgan fingerprint density at radius 1 is 1.28 bits per heavy atom. The molecule has 4 rings (SSSR count). The van der Waals surface area contributed by atoms with Crippen LogP contribution >= 0.6 is 22.7 Å². The molecule has 1 aromatic carbocycles. The van der Waals surface area contributed by atoms with Crippen molar-refractivity contribution in [3.63, 3.8) is 0 Å². The number of hydrogen-bond acceptors (Lipinski definition) is 7. The molecule has 1 amide bonds. The van der Waals surface area contributed by atoms with E-state index in [-0.39, 0.29) is 12.5 Å². The predicted octanol–water partition coefficient (Wildman–Crippen LogP) is 2.95. The van der Waals surface area contributed by atoms with Gasteiger partial charge in [0.05, 0.1) is 29.9 Å². The number of nitrogens with zero attached hydrogens (tertiary/aromatic N) is 3. The fourth-order valence-corrected chi connectivity index (χ4v) is 7.51. The molecule has 1 fully saturated rings. The lowest BCUT2D eigenvalue weighted by Crippen LogP contribution is -2.42. The Hall–Kier alpha value is -2.05. The number of thiophene rings is 1. The maximum absolute atomic E-state index is 13.1. The second-order valence-electron chi connectivity index (χ2n) is 7.45. The first-order valence-corrected chi connectivity index (χ1v) is 13.4. The highest BCUT2D eigenvalue weighted by atomic mass is 32.2. The third-order valence-electron chi connectivity index (χ3n) is 5.44. The van der Waals surface area contributed by atoms with Crippen LogP contribution in [0.15, 0.2) is 44.9 Å². The first kappa shape index (κ1) is 23.1. The van der Waals surface area contributed by atoms with Gasteiger partial charge in [0.15, 0.2) is 4.80 Å². The number of fused-ring (bicyclic) bond motifs is 1. The molecule has 172 valence electrons. The molecule has 0 bridgehead atoms. The molecule has 0 spiro atoms. The number of sulfonamides is 1. The highest BCUT2D eigenvalue weighted by Crippen LogP contribution is 2.27. The topological polar surface area (TPSA) is 90.2 Å². The lowest BCUT2D eigenvalue weighted by Gasteiger charge is -2.29. The van der Waals surface area contributed by atoms with E-state index in [1.54, 1.807) is 31.7 Å². The lowest BCUT2D eigenvalue weighted by molar-refractivity contribution is -0.122. The van der Waals surface area contributed by atoms with E-state index in [9.17, 15) is 13.2 Å². The average Bonchev–Trinajstić information content (AvgIpc) is 3.46. The summed E-state index contributed by atoms with van der Waals surface area (Å²) >= 11 is 2.60. The summed E-state index contributed by atoms with van der Waals surface area (Å²) in [5, 5.41) is 1.74. The highest BCUT2D eigenvalue weighted by molar-refractivity contribution is 7.91. The fraction of sp³-hybridized carbons (Fsp3) is 0.429. The number of carbonyl (C=O) groups excluding carboxylic acids is 1. The Morgan fingerprint density at radius 3 is 2.84 bits per heavy atom. The summed E-state index contributed by atoms with van der Waals surface area (Å²) in [5.74, 6) is -0.0212. The van der Waals surface area contributed by atoms with Gasteiger partial charge in [-0.3, -0.25) is 4.79 Å². The zero-order valence-corrected chi connectivity index (χ0v) is 20.3. The summed E-state index contributed by atoms with van der Waals surface area (Å²) in [4.78, 5) is 18.1. The molecule has 1 atom stereocenters. The van der Waals surface area contributed by atoms with Crippen molar-refractivity contribution in [1.82, 2.24) is 8.87 Å². The van der Waals surface area contributed by atoms with Gasteiger partial charge in [-0.05, 0) is 42.5 Å². The molecule has 0 N–H and O–H groups in total. The summed E-state index contributed by atoms with van der Waals surface area (Å²) in [5.41, 5.74) is 0.949. The largest absolute Gasteiger partial charge is 0.497 e. The van der Waals surface area contributed by atoms with Gasteiger partial charge in [-0.2, -0.15) is 9.30 Å². The smallest absolute Gasteiger partial charge is 0.252 e. The molecule has 1 unspecified atom stereocenters.